The van der Waals surface area contributed by atoms with Crippen molar-refractivity contribution in [3.05, 3.63) is 35.6 Å². The molecule has 19 heavy (non-hydrogen) atoms. The molecule has 0 heterocycles. The van der Waals surface area contributed by atoms with Crippen LogP contribution in [-0.4, -0.2) is 17.3 Å². The fourth-order valence-corrected chi connectivity index (χ4v) is 2.49. The van der Waals surface area contributed by atoms with Crippen LogP contribution in [0.1, 0.15) is 52.1 Å². The van der Waals surface area contributed by atoms with Gasteiger partial charge in [0.2, 0.25) is 0 Å². The predicted molar refractivity (Wildman–Crippen MR) is 77.5 cm³/mol. The number of aliphatic hydroxyl groups is 1. The maximum Gasteiger partial charge on any atom is 0.123 e. The fourth-order valence-electron chi connectivity index (χ4n) is 2.49. The number of hydrogen-bond acceptors (Lipinski definition) is 2. The van der Waals surface area contributed by atoms with Crippen LogP contribution in [0.3, 0.4) is 0 Å². The lowest BCUT2D eigenvalue weighted by molar-refractivity contribution is 0.0357. The molecular formula is C16H26FNO. The van der Waals surface area contributed by atoms with E-state index in [2.05, 4.69) is 26.1 Å². The Hall–Kier alpha value is -0.930. The molecular weight excluding hydrogens is 241 g/mol. The maximum absolute atomic E-state index is 12.9. The first-order valence-corrected chi connectivity index (χ1v) is 7.05. The molecule has 1 rings (SSSR count). The van der Waals surface area contributed by atoms with Crippen molar-refractivity contribution in [3.63, 3.8) is 0 Å². The summed E-state index contributed by atoms with van der Waals surface area (Å²) in [7, 11) is 0. The first-order valence-electron chi connectivity index (χ1n) is 7.05. The highest BCUT2D eigenvalue weighted by molar-refractivity contribution is 5.19. The molecule has 0 fully saturated rings. The van der Waals surface area contributed by atoms with Gasteiger partial charge in [0.15, 0.2) is 0 Å². The van der Waals surface area contributed by atoms with E-state index >= 15 is 0 Å². The minimum atomic E-state index is -0.707. The van der Waals surface area contributed by atoms with Gasteiger partial charge in [-0.05, 0) is 43.4 Å². The van der Waals surface area contributed by atoms with Crippen LogP contribution < -0.4 is 5.32 Å². The van der Waals surface area contributed by atoms with Gasteiger partial charge < -0.3 is 10.4 Å². The lowest BCUT2D eigenvalue weighted by atomic mass is 9.93. The van der Waals surface area contributed by atoms with Crippen LogP contribution in [-0.2, 0) is 0 Å². The van der Waals surface area contributed by atoms with Gasteiger partial charge in [0.1, 0.15) is 5.82 Å². The highest BCUT2D eigenvalue weighted by Crippen LogP contribution is 2.20. The van der Waals surface area contributed by atoms with Crippen LogP contribution in [0.4, 0.5) is 4.39 Å². The van der Waals surface area contributed by atoms with E-state index < -0.39 is 5.60 Å². The fraction of sp³-hybridized carbons (Fsp3) is 0.625. The van der Waals surface area contributed by atoms with E-state index in [0.717, 1.165) is 18.4 Å². The average Bonchev–Trinajstić information content (AvgIpc) is 2.30. The molecule has 108 valence electrons. The van der Waals surface area contributed by atoms with Crippen LogP contribution in [0.5, 0.6) is 0 Å². The number of benzene rings is 1. The maximum atomic E-state index is 12.9. The van der Waals surface area contributed by atoms with Gasteiger partial charge in [-0.1, -0.05) is 32.9 Å². The van der Waals surface area contributed by atoms with Crippen LogP contribution >= 0.6 is 0 Å². The molecule has 2 N–H and O–H groups in total. The Labute approximate surface area is 116 Å². The molecule has 0 amide bonds. The minimum absolute atomic E-state index is 0.152. The van der Waals surface area contributed by atoms with Gasteiger partial charge >= 0.3 is 0 Å². The smallest absolute Gasteiger partial charge is 0.123 e. The average molecular weight is 267 g/mol. The summed E-state index contributed by atoms with van der Waals surface area (Å²) in [6.07, 6.45) is 1.67. The Kier molecular flexibility index (Phi) is 5.95. The summed E-state index contributed by atoms with van der Waals surface area (Å²) in [6, 6.07) is 6.71. The number of hydrogen-bond donors (Lipinski definition) is 2. The first-order chi connectivity index (χ1) is 8.84. The zero-order valence-corrected chi connectivity index (χ0v) is 12.4. The third-order valence-corrected chi connectivity index (χ3v) is 3.26. The standard InChI is InChI=1S/C16H26FNO/c1-5-15(13-6-8-14(17)9-7-13)18-11-16(4,19)10-12(2)3/h6-9,12,15,18-19H,5,10-11H2,1-4H3. The number of nitrogens with one attached hydrogen (secondary N) is 1. The lowest BCUT2D eigenvalue weighted by Crippen LogP contribution is -2.40. The molecule has 0 saturated heterocycles. The van der Waals surface area contributed by atoms with Crippen LogP contribution in [0.2, 0.25) is 0 Å². The SMILES string of the molecule is CCC(NCC(C)(O)CC(C)C)c1ccc(F)cc1. The monoisotopic (exact) mass is 267 g/mol. The van der Waals surface area contributed by atoms with E-state index in [0.29, 0.717) is 12.5 Å². The zero-order valence-electron chi connectivity index (χ0n) is 12.4. The van der Waals surface area contributed by atoms with E-state index in [1.54, 1.807) is 12.1 Å². The molecule has 0 aliphatic rings. The van der Waals surface area contributed by atoms with E-state index in [1.165, 1.54) is 12.1 Å². The van der Waals surface area contributed by atoms with Crippen molar-refractivity contribution in [2.24, 2.45) is 5.92 Å². The Morgan fingerprint density at radius 2 is 1.84 bits per heavy atom. The molecule has 0 aliphatic carbocycles. The molecule has 0 aliphatic heterocycles. The van der Waals surface area contributed by atoms with Gasteiger partial charge in [0.25, 0.3) is 0 Å². The van der Waals surface area contributed by atoms with Gasteiger partial charge in [-0.15, -0.1) is 0 Å². The molecule has 0 saturated carbocycles. The number of rotatable bonds is 7. The Bertz CT molecular complexity index is 373. The molecule has 1 aromatic rings. The van der Waals surface area contributed by atoms with Crippen molar-refractivity contribution >= 4 is 0 Å². The molecule has 2 nitrogen and oxygen atoms in total. The van der Waals surface area contributed by atoms with Crippen molar-refractivity contribution in [1.82, 2.24) is 5.32 Å². The summed E-state index contributed by atoms with van der Waals surface area (Å²) in [4.78, 5) is 0. The normalized spacial score (nSPS) is 16.4. The Morgan fingerprint density at radius 1 is 1.26 bits per heavy atom. The van der Waals surface area contributed by atoms with E-state index in [1.807, 2.05) is 6.92 Å². The van der Waals surface area contributed by atoms with Gasteiger partial charge in [-0.2, -0.15) is 0 Å². The second-order valence-electron chi connectivity index (χ2n) is 5.99. The molecule has 0 spiro atoms. The predicted octanol–water partition coefficient (Wildman–Crippen LogP) is 3.66. The zero-order chi connectivity index (χ0) is 14.5. The lowest BCUT2D eigenvalue weighted by Gasteiger charge is -2.28. The largest absolute Gasteiger partial charge is 0.389 e. The number of halogens is 1. The van der Waals surface area contributed by atoms with E-state index in [-0.39, 0.29) is 11.9 Å². The third-order valence-electron chi connectivity index (χ3n) is 3.26. The van der Waals surface area contributed by atoms with E-state index in [4.69, 9.17) is 0 Å². The summed E-state index contributed by atoms with van der Waals surface area (Å²) >= 11 is 0. The van der Waals surface area contributed by atoms with Gasteiger partial charge in [-0.25, -0.2) is 4.39 Å². The third kappa shape index (κ3) is 5.70. The first kappa shape index (κ1) is 16.1. The molecule has 2 unspecified atom stereocenters. The van der Waals surface area contributed by atoms with Crippen molar-refractivity contribution in [2.75, 3.05) is 6.54 Å². The van der Waals surface area contributed by atoms with Crippen LogP contribution in [0.15, 0.2) is 24.3 Å². The quantitative estimate of drug-likeness (QED) is 0.790. The molecule has 0 radical (unpaired) electrons. The molecule has 2 atom stereocenters. The van der Waals surface area contributed by atoms with Crippen molar-refractivity contribution in [2.45, 2.75) is 52.2 Å². The highest BCUT2D eigenvalue weighted by Gasteiger charge is 2.23. The van der Waals surface area contributed by atoms with Gasteiger partial charge in [0, 0.05) is 12.6 Å². The van der Waals surface area contributed by atoms with Crippen molar-refractivity contribution < 1.29 is 9.50 Å². The summed E-state index contributed by atoms with van der Waals surface area (Å²) in [6.45, 7) is 8.69. The Balaban J connectivity index is 2.60. The topological polar surface area (TPSA) is 32.3 Å². The molecule has 1 aromatic carbocycles. The highest BCUT2D eigenvalue weighted by atomic mass is 19.1. The van der Waals surface area contributed by atoms with Crippen molar-refractivity contribution in [3.8, 4) is 0 Å². The van der Waals surface area contributed by atoms with Gasteiger partial charge in [-0.3, -0.25) is 0 Å². The van der Waals surface area contributed by atoms with Gasteiger partial charge in [0.05, 0.1) is 5.60 Å². The van der Waals surface area contributed by atoms with E-state index in [9.17, 15) is 9.50 Å². The van der Waals surface area contributed by atoms with Crippen molar-refractivity contribution in [1.29, 1.82) is 0 Å². The molecule has 0 aromatic heterocycles. The van der Waals surface area contributed by atoms with Crippen LogP contribution in [0, 0.1) is 11.7 Å². The second-order valence-corrected chi connectivity index (χ2v) is 5.99. The summed E-state index contributed by atoms with van der Waals surface area (Å²) in [5, 5.41) is 13.7. The summed E-state index contributed by atoms with van der Waals surface area (Å²) in [5.41, 5.74) is 0.353. The minimum Gasteiger partial charge on any atom is -0.389 e. The second kappa shape index (κ2) is 7.01. The summed E-state index contributed by atoms with van der Waals surface area (Å²) < 4.78 is 12.9. The Morgan fingerprint density at radius 3 is 2.32 bits per heavy atom. The summed E-state index contributed by atoms with van der Waals surface area (Å²) in [5.74, 6) is 0.244. The molecule has 0 bridgehead atoms. The molecule has 3 heteroatoms. The van der Waals surface area contributed by atoms with Crippen LogP contribution in [0.25, 0.3) is 0 Å².